The van der Waals surface area contributed by atoms with Crippen molar-refractivity contribution in [2.24, 2.45) is 5.92 Å². The Labute approximate surface area is 92.2 Å². The molecule has 2 rings (SSSR count). The molecule has 0 spiro atoms. The van der Waals surface area contributed by atoms with Gasteiger partial charge in [0.1, 0.15) is 0 Å². The predicted octanol–water partition coefficient (Wildman–Crippen LogP) is 3.80. The summed E-state index contributed by atoms with van der Waals surface area (Å²) in [7, 11) is 0. The summed E-state index contributed by atoms with van der Waals surface area (Å²) in [5.41, 5.74) is 5.53. The quantitative estimate of drug-likeness (QED) is 0.709. The van der Waals surface area contributed by atoms with Crippen molar-refractivity contribution >= 4 is 6.08 Å². The Morgan fingerprint density at radius 2 is 1.87 bits per heavy atom. The molecule has 1 heterocycles. The van der Waals surface area contributed by atoms with Crippen molar-refractivity contribution in [2.75, 3.05) is 0 Å². The van der Waals surface area contributed by atoms with Gasteiger partial charge in [0.2, 0.25) is 0 Å². The molecule has 1 aliphatic carbocycles. The molecule has 0 bridgehead atoms. The van der Waals surface area contributed by atoms with Gasteiger partial charge in [0.05, 0.1) is 0 Å². The van der Waals surface area contributed by atoms with Crippen molar-refractivity contribution in [1.29, 1.82) is 0 Å². The highest BCUT2D eigenvalue weighted by atomic mass is 14.7. The van der Waals surface area contributed by atoms with E-state index < -0.39 is 0 Å². The van der Waals surface area contributed by atoms with Gasteiger partial charge in [0.25, 0.3) is 0 Å². The molecule has 1 aromatic rings. The molecule has 0 saturated heterocycles. The van der Waals surface area contributed by atoms with E-state index in [4.69, 9.17) is 0 Å². The maximum Gasteiger partial charge on any atom is 0.0432 e. The smallest absolute Gasteiger partial charge is 0.0432 e. The van der Waals surface area contributed by atoms with Gasteiger partial charge in [-0.05, 0) is 35.4 Å². The van der Waals surface area contributed by atoms with Crippen molar-refractivity contribution in [3.63, 3.8) is 0 Å². The summed E-state index contributed by atoms with van der Waals surface area (Å²) in [5.74, 6) is 1.18. The third-order valence-corrected chi connectivity index (χ3v) is 3.11. The van der Waals surface area contributed by atoms with Crippen LogP contribution in [-0.2, 0) is 6.42 Å². The molecule has 0 atom stereocenters. The SMILES string of the molecule is CC(C)C1=Cc2cnc(C(C)C)cc2C1. The number of fused-ring (bicyclic) bond motifs is 1. The third kappa shape index (κ3) is 1.97. The highest BCUT2D eigenvalue weighted by Gasteiger charge is 2.16. The van der Waals surface area contributed by atoms with Gasteiger partial charge in [-0.15, -0.1) is 0 Å². The maximum atomic E-state index is 4.50. The lowest BCUT2D eigenvalue weighted by Gasteiger charge is -2.07. The fourth-order valence-corrected chi connectivity index (χ4v) is 1.97. The first-order valence-electron chi connectivity index (χ1n) is 5.77. The zero-order valence-electron chi connectivity index (χ0n) is 10.0. The van der Waals surface area contributed by atoms with Crippen LogP contribution in [0.25, 0.3) is 6.08 Å². The van der Waals surface area contributed by atoms with Gasteiger partial charge in [-0.1, -0.05) is 39.3 Å². The molecule has 0 N–H and O–H groups in total. The van der Waals surface area contributed by atoms with Gasteiger partial charge in [-0.2, -0.15) is 0 Å². The van der Waals surface area contributed by atoms with Gasteiger partial charge < -0.3 is 0 Å². The summed E-state index contributed by atoms with van der Waals surface area (Å²) in [6.45, 7) is 8.91. The van der Waals surface area contributed by atoms with Crippen LogP contribution in [0.15, 0.2) is 17.8 Å². The van der Waals surface area contributed by atoms with Crippen molar-refractivity contribution in [3.8, 4) is 0 Å². The largest absolute Gasteiger partial charge is 0.260 e. The molecule has 0 saturated carbocycles. The van der Waals surface area contributed by atoms with Crippen LogP contribution in [0.4, 0.5) is 0 Å². The number of aromatic nitrogens is 1. The van der Waals surface area contributed by atoms with Gasteiger partial charge in [-0.3, -0.25) is 4.98 Å². The molecule has 1 aliphatic rings. The fourth-order valence-electron chi connectivity index (χ4n) is 1.97. The summed E-state index contributed by atoms with van der Waals surface area (Å²) >= 11 is 0. The number of hydrogen-bond acceptors (Lipinski definition) is 1. The van der Waals surface area contributed by atoms with E-state index in [-0.39, 0.29) is 0 Å². The summed E-state index contributed by atoms with van der Waals surface area (Å²) < 4.78 is 0. The summed E-state index contributed by atoms with van der Waals surface area (Å²) in [6.07, 6.45) is 5.45. The van der Waals surface area contributed by atoms with Crippen LogP contribution in [0.5, 0.6) is 0 Å². The Morgan fingerprint density at radius 1 is 1.13 bits per heavy atom. The molecule has 15 heavy (non-hydrogen) atoms. The van der Waals surface area contributed by atoms with Gasteiger partial charge in [0.15, 0.2) is 0 Å². The molecule has 0 unspecified atom stereocenters. The third-order valence-electron chi connectivity index (χ3n) is 3.11. The molecule has 0 radical (unpaired) electrons. The van der Waals surface area contributed by atoms with E-state index in [2.05, 4.69) is 44.8 Å². The molecule has 0 aromatic carbocycles. The van der Waals surface area contributed by atoms with E-state index >= 15 is 0 Å². The van der Waals surface area contributed by atoms with Crippen molar-refractivity contribution in [1.82, 2.24) is 4.98 Å². The van der Waals surface area contributed by atoms with E-state index in [0.717, 1.165) is 6.42 Å². The van der Waals surface area contributed by atoms with Gasteiger partial charge >= 0.3 is 0 Å². The summed E-state index contributed by atoms with van der Waals surface area (Å²) in [6, 6.07) is 2.27. The maximum absolute atomic E-state index is 4.50. The first kappa shape index (κ1) is 10.4. The van der Waals surface area contributed by atoms with Crippen LogP contribution in [0, 0.1) is 5.92 Å². The molecule has 1 nitrogen and oxygen atoms in total. The first-order chi connectivity index (χ1) is 7.08. The first-order valence-corrected chi connectivity index (χ1v) is 5.77. The Hall–Kier alpha value is -1.11. The minimum atomic E-state index is 0.526. The number of pyridine rings is 1. The van der Waals surface area contributed by atoms with Crippen LogP contribution >= 0.6 is 0 Å². The minimum Gasteiger partial charge on any atom is -0.260 e. The van der Waals surface area contributed by atoms with E-state index in [1.165, 1.54) is 22.4 Å². The highest BCUT2D eigenvalue weighted by Crippen LogP contribution is 2.30. The lowest BCUT2D eigenvalue weighted by Crippen LogP contribution is -1.96. The van der Waals surface area contributed by atoms with E-state index in [1.807, 2.05) is 6.20 Å². The number of allylic oxidation sites excluding steroid dienone is 1. The monoisotopic (exact) mass is 201 g/mol. The Morgan fingerprint density at radius 3 is 2.47 bits per heavy atom. The lowest BCUT2D eigenvalue weighted by atomic mass is 10.0. The van der Waals surface area contributed by atoms with Crippen molar-refractivity contribution in [2.45, 2.75) is 40.0 Å². The zero-order chi connectivity index (χ0) is 11.0. The van der Waals surface area contributed by atoms with Crippen LogP contribution < -0.4 is 0 Å². The average Bonchev–Trinajstić information content (AvgIpc) is 2.59. The molecular formula is C14H19N. The summed E-state index contributed by atoms with van der Waals surface area (Å²) in [5, 5.41) is 0. The van der Waals surface area contributed by atoms with Crippen LogP contribution in [0.1, 0.15) is 50.4 Å². The van der Waals surface area contributed by atoms with Crippen LogP contribution in [-0.4, -0.2) is 4.98 Å². The van der Waals surface area contributed by atoms with Crippen LogP contribution in [0.3, 0.4) is 0 Å². The zero-order valence-corrected chi connectivity index (χ0v) is 10.0. The van der Waals surface area contributed by atoms with Crippen LogP contribution in [0.2, 0.25) is 0 Å². The lowest BCUT2D eigenvalue weighted by molar-refractivity contribution is 0.753. The van der Waals surface area contributed by atoms with Gasteiger partial charge in [-0.25, -0.2) is 0 Å². The van der Waals surface area contributed by atoms with E-state index in [9.17, 15) is 0 Å². The molecule has 0 aliphatic heterocycles. The number of nitrogens with zero attached hydrogens (tertiary/aromatic N) is 1. The normalized spacial score (nSPS) is 14.7. The second-order valence-electron chi connectivity index (χ2n) is 5.01. The average molecular weight is 201 g/mol. The molecular weight excluding hydrogens is 182 g/mol. The topological polar surface area (TPSA) is 12.9 Å². The second kappa shape index (κ2) is 3.80. The standard InChI is InChI=1S/C14H19N/c1-9(2)11-5-12-7-14(10(3)4)15-8-13(12)6-11/h6-10H,5H2,1-4H3. The summed E-state index contributed by atoms with van der Waals surface area (Å²) in [4.78, 5) is 4.50. The predicted molar refractivity (Wildman–Crippen MR) is 64.8 cm³/mol. The molecule has 0 fully saturated rings. The van der Waals surface area contributed by atoms with Crippen molar-refractivity contribution in [3.05, 3.63) is 34.7 Å². The number of rotatable bonds is 2. The molecule has 80 valence electrons. The number of hydrogen-bond donors (Lipinski definition) is 0. The Balaban J connectivity index is 2.31. The Bertz CT molecular complexity index is 400. The fraction of sp³-hybridized carbons (Fsp3) is 0.500. The van der Waals surface area contributed by atoms with E-state index in [1.54, 1.807) is 0 Å². The second-order valence-corrected chi connectivity index (χ2v) is 5.01. The van der Waals surface area contributed by atoms with Gasteiger partial charge in [0, 0.05) is 11.9 Å². The molecule has 1 aromatic heterocycles. The molecule has 0 amide bonds. The van der Waals surface area contributed by atoms with Crippen molar-refractivity contribution < 1.29 is 0 Å². The minimum absolute atomic E-state index is 0.526. The highest BCUT2D eigenvalue weighted by molar-refractivity contribution is 5.63. The Kier molecular flexibility index (Phi) is 2.64. The van der Waals surface area contributed by atoms with E-state index in [0.29, 0.717) is 11.8 Å². The molecule has 1 heteroatoms.